The normalized spacial score (nSPS) is 14.3. The molecule has 0 aliphatic rings. The minimum Gasteiger partial charge on any atom is -0.394 e. The summed E-state index contributed by atoms with van der Waals surface area (Å²) in [5.41, 5.74) is -0.252. The maximum atomic E-state index is 14.0. The van der Waals surface area contributed by atoms with Crippen LogP contribution in [0.3, 0.4) is 0 Å². The van der Waals surface area contributed by atoms with Crippen LogP contribution in [0.2, 0.25) is 0 Å². The smallest absolute Gasteiger partial charge is 0.315 e. The summed E-state index contributed by atoms with van der Waals surface area (Å²) >= 11 is 0. The molecule has 0 aliphatic heterocycles. The van der Waals surface area contributed by atoms with Crippen LogP contribution >= 0.6 is 0 Å². The third kappa shape index (κ3) is 4.94. The van der Waals surface area contributed by atoms with Crippen LogP contribution < -0.4 is 10.6 Å². The van der Waals surface area contributed by atoms with E-state index in [0.717, 1.165) is 6.07 Å². The minimum absolute atomic E-state index is 0.172. The van der Waals surface area contributed by atoms with Gasteiger partial charge in [-0.05, 0) is 17.9 Å². The first kappa shape index (κ1) is 18.4. The molecule has 0 saturated heterocycles. The molecule has 2 unspecified atom stereocenters. The third-order valence-corrected chi connectivity index (χ3v) is 3.46. The van der Waals surface area contributed by atoms with Gasteiger partial charge in [-0.3, -0.25) is 0 Å². The van der Waals surface area contributed by atoms with E-state index in [9.17, 15) is 13.6 Å². The van der Waals surface area contributed by atoms with Crippen molar-refractivity contribution in [3.63, 3.8) is 0 Å². The quantitative estimate of drug-likeness (QED) is 0.782. The fourth-order valence-corrected chi connectivity index (χ4v) is 2.13. The largest absolute Gasteiger partial charge is 0.394 e. The van der Waals surface area contributed by atoms with E-state index in [2.05, 4.69) is 10.6 Å². The summed E-state index contributed by atoms with van der Waals surface area (Å²) in [5.74, 6) is -1.36. The number of amides is 2. The van der Waals surface area contributed by atoms with E-state index in [-0.39, 0.29) is 18.2 Å². The Morgan fingerprint density at radius 1 is 1.27 bits per heavy atom. The van der Waals surface area contributed by atoms with Crippen LogP contribution in [0.1, 0.15) is 45.7 Å². The number of nitrogens with one attached hydrogen (secondary N) is 2. The Morgan fingerprint density at radius 3 is 2.36 bits per heavy atom. The maximum Gasteiger partial charge on any atom is 0.315 e. The molecule has 1 rings (SSSR count). The molecule has 0 saturated carbocycles. The number of carbonyl (C=O) groups is 1. The maximum absolute atomic E-state index is 14.0. The van der Waals surface area contributed by atoms with Crippen molar-refractivity contribution in [3.05, 3.63) is 35.4 Å². The number of hydrogen-bond donors (Lipinski definition) is 3. The molecule has 0 radical (unpaired) electrons. The fraction of sp³-hybridized carbons (Fsp3) is 0.562. The number of carbonyl (C=O) groups excluding carboxylic acids is 1. The lowest BCUT2D eigenvalue weighted by Gasteiger charge is -2.32. The molecular formula is C16H24F2N2O2. The van der Waals surface area contributed by atoms with Crippen molar-refractivity contribution in [1.29, 1.82) is 0 Å². The van der Waals surface area contributed by atoms with E-state index >= 15 is 0 Å². The molecule has 2 amide bonds. The van der Waals surface area contributed by atoms with Crippen molar-refractivity contribution < 1.29 is 18.7 Å². The molecule has 1 aromatic rings. The van der Waals surface area contributed by atoms with E-state index in [0.29, 0.717) is 6.42 Å². The van der Waals surface area contributed by atoms with Gasteiger partial charge in [-0.2, -0.15) is 0 Å². The lowest BCUT2D eigenvalue weighted by Crippen LogP contribution is -2.47. The van der Waals surface area contributed by atoms with Gasteiger partial charge in [0.25, 0.3) is 0 Å². The molecule has 1 aromatic carbocycles. The van der Waals surface area contributed by atoms with Crippen molar-refractivity contribution >= 4 is 6.03 Å². The number of aliphatic hydroxyl groups is 1. The lowest BCUT2D eigenvalue weighted by atomic mass is 9.82. The molecule has 0 fully saturated rings. The zero-order valence-electron chi connectivity index (χ0n) is 13.4. The summed E-state index contributed by atoms with van der Waals surface area (Å²) < 4.78 is 27.1. The lowest BCUT2D eigenvalue weighted by molar-refractivity contribution is 0.199. The summed E-state index contributed by atoms with van der Waals surface area (Å²) in [6.45, 7) is 7.22. The van der Waals surface area contributed by atoms with Gasteiger partial charge in [0.15, 0.2) is 0 Å². The summed E-state index contributed by atoms with van der Waals surface area (Å²) in [6, 6.07) is 1.81. The highest BCUT2D eigenvalue weighted by Crippen LogP contribution is 2.34. The zero-order chi connectivity index (χ0) is 16.9. The molecular weight excluding hydrogens is 290 g/mol. The molecule has 0 aliphatic carbocycles. The van der Waals surface area contributed by atoms with Crippen LogP contribution in [-0.4, -0.2) is 23.8 Å². The molecule has 4 nitrogen and oxygen atoms in total. The van der Waals surface area contributed by atoms with E-state index in [1.165, 1.54) is 12.1 Å². The fourth-order valence-electron chi connectivity index (χ4n) is 2.13. The van der Waals surface area contributed by atoms with E-state index < -0.39 is 29.1 Å². The SMILES string of the molecule is CCC(CO)NC(=O)NC(c1ccc(F)cc1F)C(C)(C)C. The predicted octanol–water partition coefficient (Wildman–Crippen LogP) is 3.12. The average molecular weight is 314 g/mol. The van der Waals surface area contributed by atoms with Crippen LogP contribution in [0.4, 0.5) is 13.6 Å². The Labute approximate surface area is 129 Å². The molecule has 0 spiro atoms. The zero-order valence-corrected chi connectivity index (χ0v) is 13.4. The summed E-state index contributed by atoms with van der Waals surface area (Å²) in [7, 11) is 0. The van der Waals surface area contributed by atoms with Crippen molar-refractivity contribution in [2.75, 3.05) is 6.61 Å². The summed E-state index contributed by atoms with van der Waals surface area (Å²) in [5, 5.41) is 14.4. The molecule has 0 heterocycles. The number of hydrogen-bond acceptors (Lipinski definition) is 2. The van der Waals surface area contributed by atoms with Gasteiger partial charge >= 0.3 is 6.03 Å². The molecule has 0 bridgehead atoms. The monoisotopic (exact) mass is 314 g/mol. The Bertz CT molecular complexity index is 511. The molecule has 6 heteroatoms. The van der Waals surface area contributed by atoms with Gasteiger partial charge in [-0.25, -0.2) is 13.6 Å². The van der Waals surface area contributed by atoms with Crippen LogP contribution in [0.15, 0.2) is 18.2 Å². The van der Waals surface area contributed by atoms with Crippen molar-refractivity contribution in [3.8, 4) is 0 Å². The number of halogens is 2. The third-order valence-electron chi connectivity index (χ3n) is 3.46. The Morgan fingerprint density at radius 2 is 1.91 bits per heavy atom. The average Bonchev–Trinajstić information content (AvgIpc) is 2.41. The van der Waals surface area contributed by atoms with Crippen LogP contribution in [0.5, 0.6) is 0 Å². The molecule has 3 N–H and O–H groups in total. The number of rotatable bonds is 5. The highest BCUT2D eigenvalue weighted by Gasteiger charge is 2.30. The molecule has 2 atom stereocenters. The summed E-state index contributed by atoms with van der Waals surface area (Å²) in [6.07, 6.45) is 0.578. The predicted molar refractivity (Wildman–Crippen MR) is 81.4 cm³/mol. The molecule has 124 valence electrons. The van der Waals surface area contributed by atoms with E-state index in [4.69, 9.17) is 5.11 Å². The first-order chi connectivity index (χ1) is 10.2. The Hall–Kier alpha value is -1.69. The van der Waals surface area contributed by atoms with Crippen molar-refractivity contribution in [2.45, 2.75) is 46.2 Å². The number of urea groups is 1. The Kier molecular flexibility index (Phi) is 6.29. The summed E-state index contributed by atoms with van der Waals surface area (Å²) in [4.78, 5) is 12.1. The topological polar surface area (TPSA) is 61.4 Å². The second-order valence-corrected chi connectivity index (χ2v) is 6.37. The second kappa shape index (κ2) is 7.54. The highest BCUT2D eigenvalue weighted by molar-refractivity contribution is 5.75. The van der Waals surface area contributed by atoms with Crippen LogP contribution in [-0.2, 0) is 0 Å². The van der Waals surface area contributed by atoms with Gasteiger partial charge in [0.05, 0.1) is 18.7 Å². The number of aliphatic hydroxyl groups excluding tert-OH is 1. The van der Waals surface area contributed by atoms with Gasteiger partial charge in [-0.1, -0.05) is 33.8 Å². The van der Waals surface area contributed by atoms with E-state index in [1.807, 2.05) is 27.7 Å². The minimum atomic E-state index is -0.700. The number of benzene rings is 1. The molecule has 0 aromatic heterocycles. The van der Waals surface area contributed by atoms with E-state index in [1.54, 1.807) is 0 Å². The van der Waals surface area contributed by atoms with Crippen LogP contribution in [0, 0.1) is 17.0 Å². The van der Waals surface area contributed by atoms with Gasteiger partial charge in [0.2, 0.25) is 0 Å². The van der Waals surface area contributed by atoms with Gasteiger partial charge in [0, 0.05) is 11.6 Å². The van der Waals surface area contributed by atoms with Gasteiger partial charge in [-0.15, -0.1) is 0 Å². The highest BCUT2D eigenvalue weighted by atomic mass is 19.1. The van der Waals surface area contributed by atoms with Crippen molar-refractivity contribution in [2.24, 2.45) is 5.41 Å². The van der Waals surface area contributed by atoms with Gasteiger partial charge in [0.1, 0.15) is 11.6 Å². The second-order valence-electron chi connectivity index (χ2n) is 6.37. The van der Waals surface area contributed by atoms with Crippen molar-refractivity contribution in [1.82, 2.24) is 10.6 Å². The first-order valence-corrected chi connectivity index (χ1v) is 7.31. The van der Waals surface area contributed by atoms with Gasteiger partial charge < -0.3 is 15.7 Å². The molecule has 22 heavy (non-hydrogen) atoms. The Balaban J connectivity index is 2.98. The first-order valence-electron chi connectivity index (χ1n) is 7.31. The standard InChI is InChI=1S/C16H24F2N2O2/c1-5-11(9-21)19-15(22)20-14(16(2,3)4)12-7-6-10(17)8-13(12)18/h6-8,11,14,21H,5,9H2,1-4H3,(H2,19,20,22). The van der Waals surface area contributed by atoms with Crippen LogP contribution in [0.25, 0.3) is 0 Å².